The standard InChI is InChI=1S/C15H28O3/c1-14(2)9-13(15(3,4)18-14)17-12-7-5-11(10-16)6-8-12/h11-13,16H,5-10H2,1-4H3. The van der Waals surface area contributed by atoms with Gasteiger partial charge in [0.15, 0.2) is 0 Å². The third-order valence-corrected chi connectivity index (χ3v) is 4.40. The molecule has 1 aliphatic carbocycles. The van der Waals surface area contributed by atoms with Gasteiger partial charge in [-0.1, -0.05) is 0 Å². The Morgan fingerprint density at radius 1 is 1.11 bits per heavy atom. The molecule has 1 aliphatic heterocycles. The molecule has 2 fully saturated rings. The number of ether oxygens (including phenoxy) is 2. The Balaban J connectivity index is 1.87. The third kappa shape index (κ3) is 3.25. The van der Waals surface area contributed by atoms with Crippen LogP contribution in [-0.4, -0.2) is 35.1 Å². The molecule has 1 N–H and O–H groups in total. The average molecular weight is 256 g/mol. The minimum absolute atomic E-state index is 0.0729. The fourth-order valence-corrected chi connectivity index (χ4v) is 3.41. The van der Waals surface area contributed by atoms with Crippen molar-refractivity contribution in [3.8, 4) is 0 Å². The SMILES string of the molecule is CC1(C)CC(OC2CCC(CO)CC2)C(C)(C)O1. The van der Waals surface area contributed by atoms with Crippen LogP contribution in [0, 0.1) is 5.92 Å². The maximum atomic E-state index is 9.15. The summed E-state index contributed by atoms with van der Waals surface area (Å²) in [5, 5.41) is 9.15. The molecule has 106 valence electrons. The number of aliphatic hydroxyl groups excluding tert-OH is 1. The van der Waals surface area contributed by atoms with Gasteiger partial charge < -0.3 is 14.6 Å². The van der Waals surface area contributed by atoms with Crippen molar-refractivity contribution in [3.63, 3.8) is 0 Å². The Kier molecular flexibility index (Phi) is 4.05. The van der Waals surface area contributed by atoms with E-state index in [0.29, 0.717) is 18.6 Å². The molecule has 1 unspecified atom stereocenters. The monoisotopic (exact) mass is 256 g/mol. The normalized spacial score (nSPS) is 38.8. The largest absolute Gasteiger partial charge is 0.396 e. The van der Waals surface area contributed by atoms with Gasteiger partial charge in [0, 0.05) is 13.0 Å². The van der Waals surface area contributed by atoms with Gasteiger partial charge >= 0.3 is 0 Å². The first-order valence-electron chi connectivity index (χ1n) is 7.29. The Labute approximate surface area is 111 Å². The van der Waals surface area contributed by atoms with Gasteiger partial charge in [0.25, 0.3) is 0 Å². The molecule has 0 aromatic carbocycles. The van der Waals surface area contributed by atoms with E-state index in [1.807, 2.05) is 0 Å². The van der Waals surface area contributed by atoms with Crippen molar-refractivity contribution in [1.29, 1.82) is 0 Å². The average Bonchev–Trinajstić information content (AvgIpc) is 2.48. The van der Waals surface area contributed by atoms with Gasteiger partial charge in [0.1, 0.15) is 0 Å². The van der Waals surface area contributed by atoms with E-state index in [1.165, 1.54) is 0 Å². The van der Waals surface area contributed by atoms with E-state index in [1.54, 1.807) is 0 Å². The van der Waals surface area contributed by atoms with Gasteiger partial charge in [-0.2, -0.15) is 0 Å². The number of hydrogen-bond donors (Lipinski definition) is 1. The first-order chi connectivity index (χ1) is 8.32. The summed E-state index contributed by atoms with van der Waals surface area (Å²) < 4.78 is 12.4. The fourth-order valence-electron chi connectivity index (χ4n) is 3.41. The van der Waals surface area contributed by atoms with Gasteiger partial charge in [-0.05, 0) is 59.3 Å². The van der Waals surface area contributed by atoms with Crippen LogP contribution in [0.3, 0.4) is 0 Å². The molecule has 1 heterocycles. The van der Waals surface area contributed by atoms with Gasteiger partial charge in [-0.3, -0.25) is 0 Å². The van der Waals surface area contributed by atoms with E-state index in [2.05, 4.69) is 27.7 Å². The molecule has 0 spiro atoms. The maximum absolute atomic E-state index is 9.15. The summed E-state index contributed by atoms with van der Waals surface area (Å²) in [6, 6.07) is 0. The number of aliphatic hydroxyl groups is 1. The van der Waals surface area contributed by atoms with Crippen LogP contribution in [-0.2, 0) is 9.47 Å². The molecular weight excluding hydrogens is 228 g/mol. The fraction of sp³-hybridized carbons (Fsp3) is 1.00. The molecule has 18 heavy (non-hydrogen) atoms. The molecule has 3 nitrogen and oxygen atoms in total. The second-order valence-electron chi connectivity index (χ2n) is 7.12. The van der Waals surface area contributed by atoms with Crippen molar-refractivity contribution >= 4 is 0 Å². The lowest BCUT2D eigenvalue weighted by Crippen LogP contribution is -2.38. The number of rotatable bonds is 3. The molecule has 3 heteroatoms. The van der Waals surface area contributed by atoms with Crippen LogP contribution < -0.4 is 0 Å². The van der Waals surface area contributed by atoms with Crippen molar-refractivity contribution in [2.75, 3.05) is 6.61 Å². The van der Waals surface area contributed by atoms with Crippen molar-refractivity contribution in [2.24, 2.45) is 5.92 Å². The van der Waals surface area contributed by atoms with Crippen LogP contribution in [0.25, 0.3) is 0 Å². The zero-order valence-electron chi connectivity index (χ0n) is 12.2. The molecule has 1 atom stereocenters. The van der Waals surface area contributed by atoms with Gasteiger partial charge in [-0.15, -0.1) is 0 Å². The highest BCUT2D eigenvalue weighted by Gasteiger charge is 2.47. The molecule has 0 aromatic rings. The molecule has 0 aromatic heterocycles. The summed E-state index contributed by atoms with van der Waals surface area (Å²) in [7, 11) is 0. The van der Waals surface area contributed by atoms with Gasteiger partial charge in [-0.25, -0.2) is 0 Å². The van der Waals surface area contributed by atoms with Crippen molar-refractivity contribution < 1.29 is 14.6 Å². The molecule has 0 radical (unpaired) electrons. The summed E-state index contributed by atoms with van der Waals surface area (Å²) >= 11 is 0. The quantitative estimate of drug-likeness (QED) is 0.844. The Hall–Kier alpha value is -0.120. The van der Waals surface area contributed by atoms with E-state index in [-0.39, 0.29) is 17.3 Å². The Morgan fingerprint density at radius 2 is 1.72 bits per heavy atom. The van der Waals surface area contributed by atoms with Gasteiger partial charge in [0.05, 0.1) is 23.4 Å². The van der Waals surface area contributed by atoms with Crippen molar-refractivity contribution in [2.45, 2.75) is 83.2 Å². The van der Waals surface area contributed by atoms with Crippen LogP contribution in [0.4, 0.5) is 0 Å². The lowest BCUT2D eigenvalue weighted by atomic mass is 9.87. The number of hydrogen-bond acceptors (Lipinski definition) is 3. The molecule has 0 amide bonds. The first kappa shape index (κ1) is 14.3. The van der Waals surface area contributed by atoms with Crippen LogP contribution in [0.5, 0.6) is 0 Å². The second kappa shape index (κ2) is 5.10. The van der Waals surface area contributed by atoms with E-state index >= 15 is 0 Å². The van der Waals surface area contributed by atoms with E-state index in [4.69, 9.17) is 14.6 Å². The smallest absolute Gasteiger partial charge is 0.0895 e. The topological polar surface area (TPSA) is 38.7 Å². The third-order valence-electron chi connectivity index (χ3n) is 4.40. The minimum Gasteiger partial charge on any atom is -0.396 e. The van der Waals surface area contributed by atoms with Crippen LogP contribution in [0.2, 0.25) is 0 Å². The summed E-state index contributed by atoms with van der Waals surface area (Å²) in [6.07, 6.45) is 5.88. The maximum Gasteiger partial charge on any atom is 0.0895 e. The van der Waals surface area contributed by atoms with Gasteiger partial charge in [0.2, 0.25) is 0 Å². The highest BCUT2D eigenvalue weighted by atomic mass is 16.6. The summed E-state index contributed by atoms with van der Waals surface area (Å²) in [6.45, 7) is 8.87. The second-order valence-corrected chi connectivity index (χ2v) is 7.12. The zero-order chi connectivity index (χ0) is 13.4. The van der Waals surface area contributed by atoms with E-state index in [9.17, 15) is 0 Å². The molecule has 1 saturated heterocycles. The Morgan fingerprint density at radius 3 is 2.17 bits per heavy atom. The van der Waals surface area contributed by atoms with Crippen LogP contribution in [0.15, 0.2) is 0 Å². The van der Waals surface area contributed by atoms with E-state index in [0.717, 1.165) is 32.1 Å². The zero-order valence-corrected chi connectivity index (χ0v) is 12.2. The van der Waals surface area contributed by atoms with Crippen LogP contribution >= 0.6 is 0 Å². The summed E-state index contributed by atoms with van der Waals surface area (Å²) in [5.74, 6) is 0.495. The molecule has 1 saturated carbocycles. The molecule has 0 bridgehead atoms. The highest BCUT2D eigenvalue weighted by molar-refractivity contribution is 4.96. The van der Waals surface area contributed by atoms with Crippen molar-refractivity contribution in [1.82, 2.24) is 0 Å². The van der Waals surface area contributed by atoms with Crippen LogP contribution in [0.1, 0.15) is 59.8 Å². The van der Waals surface area contributed by atoms with Crippen molar-refractivity contribution in [3.05, 3.63) is 0 Å². The molecule has 2 rings (SSSR count). The summed E-state index contributed by atoms with van der Waals surface area (Å²) in [4.78, 5) is 0. The Bertz CT molecular complexity index is 277. The van der Waals surface area contributed by atoms with E-state index < -0.39 is 0 Å². The lowest BCUT2D eigenvalue weighted by Gasteiger charge is -2.33. The molecule has 2 aliphatic rings. The minimum atomic E-state index is -0.183. The lowest BCUT2D eigenvalue weighted by molar-refractivity contribution is -0.125. The predicted octanol–water partition coefficient (Wildman–Crippen LogP) is 2.90. The predicted molar refractivity (Wildman–Crippen MR) is 71.6 cm³/mol. The highest BCUT2D eigenvalue weighted by Crippen LogP contribution is 2.41. The first-order valence-corrected chi connectivity index (χ1v) is 7.29. The summed E-state index contributed by atoms with van der Waals surface area (Å²) in [5.41, 5.74) is -0.256. The molecular formula is C15H28O3.